The molecule has 0 spiro atoms. The zero-order valence-corrected chi connectivity index (χ0v) is 8.17. The number of rotatable bonds is 2. The first kappa shape index (κ1) is 8.90. The van der Waals surface area contributed by atoms with E-state index < -0.39 is 10.8 Å². The number of nitrogens with zero attached hydrogens (tertiary/aromatic N) is 2. The van der Waals surface area contributed by atoms with Crippen LogP contribution in [0.4, 0.5) is 0 Å². The van der Waals surface area contributed by atoms with E-state index in [0.29, 0.717) is 0 Å². The minimum Gasteiger partial charge on any atom is -0.336 e. The summed E-state index contributed by atoms with van der Waals surface area (Å²) in [6.45, 7) is 2.54. The molecule has 13 heavy (non-hydrogen) atoms. The minimum atomic E-state index is -0.674. The maximum atomic E-state index is 11.6. The third-order valence-electron chi connectivity index (χ3n) is 2.20. The van der Waals surface area contributed by atoms with Gasteiger partial charge >= 0.3 is 0 Å². The molecular weight excluding hydrogens is 186 g/mol. The average molecular weight is 199 g/mol. The number of hydrogen-bond donors (Lipinski definition) is 1. The van der Waals surface area contributed by atoms with Crippen LogP contribution in [0.25, 0.3) is 0 Å². The lowest BCUT2D eigenvalue weighted by Gasteiger charge is -2.22. The molecular formula is C8H13N3OS. The molecule has 0 saturated carbocycles. The van der Waals surface area contributed by atoms with E-state index in [9.17, 15) is 4.21 Å². The van der Waals surface area contributed by atoms with Crippen molar-refractivity contribution in [3.05, 3.63) is 18.7 Å². The fourth-order valence-electron chi connectivity index (χ4n) is 1.47. The Bertz CT molecular complexity index is 286. The van der Waals surface area contributed by atoms with Crippen molar-refractivity contribution in [3.63, 3.8) is 0 Å². The second-order valence-corrected chi connectivity index (χ2v) is 5.01. The number of imidazole rings is 1. The average Bonchev–Trinajstić information content (AvgIpc) is 2.61. The Balaban J connectivity index is 1.97. The Morgan fingerprint density at radius 1 is 1.69 bits per heavy atom. The monoisotopic (exact) mass is 199 g/mol. The summed E-state index contributed by atoms with van der Waals surface area (Å²) in [7, 11) is -0.674. The Morgan fingerprint density at radius 3 is 3.31 bits per heavy atom. The van der Waals surface area contributed by atoms with E-state index in [1.165, 1.54) is 0 Å². The van der Waals surface area contributed by atoms with Gasteiger partial charge < -0.3 is 9.88 Å². The van der Waals surface area contributed by atoms with Crippen molar-refractivity contribution in [1.82, 2.24) is 14.9 Å². The van der Waals surface area contributed by atoms with Crippen molar-refractivity contribution in [2.24, 2.45) is 0 Å². The molecule has 1 saturated heterocycles. The molecule has 0 aromatic carbocycles. The largest absolute Gasteiger partial charge is 0.336 e. The first-order valence-corrected chi connectivity index (χ1v) is 5.78. The second-order valence-electron chi connectivity index (χ2n) is 3.17. The zero-order chi connectivity index (χ0) is 9.10. The second kappa shape index (κ2) is 4.02. The van der Waals surface area contributed by atoms with Gasteiger partial charge in [0.15, 0.2) is 0 Å². The molecule has 0 aliphatic carbocycles. The molecule has 0 bridgehead atoms. The maximum Gasteiger partial charge on any atom is 0.0946 e. The predicted octanol–water partition coefficient (Wildman–Crippen LogP) is -0.396. The van der Waals surface area contributed by atoms with Crippen LogP contribution in [0.15, 0.2) is 18.7 Å². The highest BCUT2D eigenvalue weighted by atomic mass is 32.2. The molecule has 0 amide bonds. The molecule has 2 atom stereocenters. The van der Waals surface area contributed by atoms with E-state index in [2.05, 4.69) is 10.3 Å². The third-order valence-corrected chi connectivity index (χ3v) is 3.86. The van der Waals surface area contributed by atoms with Gasteiger partial charge in [-0.2, -0.15) is 0 Å². The van der Waals surface area contributed by atoms with Crippen LogP contribution in [0.1, 0.15) is 0 Å². The quantitative estimate of drug-likeness (QED) is 0.705. The Morgan fingerprint density at radius 2 is 2.62 bits per heavy atom. The SMILES string of the molecule is O=S1CCNCC1Cn1ccnc1. The van der Waals surface area contributed by atoms with Crippen LogP contribution in [0.5, 0.6) is 0 Å². The number of aromatic nitrogens is 2. The summed E-state index contributed by atoms with van der Waals surface area (Å²) >= 11 is 0. The Kier molecular flexibility index (Phi) is 2.75. The van der Waals surface area contributed by atoms with E-state index in [1.807, 2.05) is 10.8 Å². The lowest BCUT2D eigenvalue weighted by molar-refractivity contribution is 0.562. The van der Waals surface area contributed by atoms with Crippen LogP contribution in [0, 0.1) is 0 Å². The van der Waals surface area contributed by atoms with Gasteiger partial charge in [0.05, 0.1) is 11.6 Å². The van der Waals surface area contributed by atoms with Gasteiger partial charge in [-0.1, -0.05) is 0 Å². The molecule has 1 aliphatic rings. The van der Waals surface area contributed by atoms with Gasteiger partial charge in [0.25, 0.3) is 0 Å². The van der Waals surface area contributed by atoms with Crippen LogP contribution in [-0.2, 0) is 17.3 Å². The molecule has 1 N–H and O–H groups in total. The zero-order valence-electron chi connectivity index (χ0n) is 7.35. The van der Waals surface area contributed by atoms with Gasteiger partial charge in [-0.05, 0) is 0 Å². The fourth-order valence-corrected chi connectivity index (χ4v) is 2.79. The maximum absolute atomic E-state index is 11.6. The molecule has 2 rings (SSSR count). The van der Waals surface area contributed by atoms with E-state index in [-0.39, 0.29) is 5.25 Å². The summed E-state index contributed by atoms with van der Waals surface area (Å²) in [6.07, 6.45) is 5.43. The van der Waals surface area contributed by atoms with Gasteiger partial charge in [0.1, 0.15) is 0 Å². The van der Waals surface area contributed by atoms with Crippen molar-refractivity contribution in [2.75, 3.05) is 18.8 Å². The lowest BCUT2D eigenvalue weighted by atomic mass is 10.4. The van der Waals surface area contributed by atoms with E-state index in [0.717, 1.165) is 25.4 Å². The highest BCUT2D eigenvalue weighted by Crippen LogP contribution is 2.04. The van der Waals surface area contributed by atoms with Crippen molar-refractivity contribution in [2.45, 2.75) is 11.8 Å². The molecule has 2 heterocycles. The third kappa shape index (κ3) is 2.16. The van der Waals surface area contributed by atoms with E-state index >= 15 is 0 Å². The first-order chi connectivity index (χ1) is 6.36. The molecule has 1 aromatic rings. The molecule has 2 unspecified atom stereocenters. The highest BCUT2D eigenvalue weighted by Gasteiger charge is 2.20. The molecule has 1 fully saturated rings. The molecule has 1 aromatic heterocycles. The topological polar surface area (TPSA) is 46.9 Å². The van der Waals surface area contributed by atoms with Crippen LogP contribution in [0.2, 0.25) is 0 Å². The predicted molar refractivity (Wildman–Crippen MR) is 51.9 cm³/mol. The van der Waals surface area contributed by atoms with Crippen LogP contribution >= 0.6 is 0 Å². The Hall–Kier alpha value is -0.680. The lowest BCUT2D eigenvalue weighted by Crippen LogP contribution is -2.42. The minimum absolute atomic E-state index is 0.239. The molecule has 0 radical (unpaired) electrons. The van der Waals surface area contributed by atoms with Crippen molar-refractivity contribution in [1.29, 1.82) is 0 Å². The van der Waals surface area contributed by atoms with E-state index in [1.54, 1.807) is 12.5 Å². The molecule has 4 nitrogen and oxygen atoms in total. The summed E-state index contributed by atoms with van der Waals surface area (Å²) in [5.74, 6) is 0.777. The summed E-state index contributed by atoms with van der Waals surface area (Å²) in [4.78, 5) is 3.96. The van der Waals surface area contributed by atoms with Crippen molar-refractivity contribution in [3.8, 4) is 0 Å². The summed E-state index contributed by atoms with van der Waals surface area (Å²) in [6, 6.07) is 0. The van der Waals surface area contributed by atoms with E-state index in [4.69, 9.17) is 0 Å². The molecule has 1 aliphatic heterocycles. The van der Waals surface area contributed by atoms with Crippen molar-refractivity contribution >= 4 is 10.8 Å². The van der Waals surface area contributed by atoms with Gasteiger partial charge in [-0.25, -0.2) is 4.98 Å². The first-order valence-electron chi connectivity index (χ1n) is 4.40. The summed E-state index contributed by atoms with van der Waals surface area (Å²) < 4.78 is 13.5. The standard InChI is InChI=1S/C8H13N3OS/c12-13-4-2-9-5-8(13)6-11-3-1-10-7-11/h1,3,7-9H,2,4-6H2. The number of hydrogen-bond acceptors (Lipinski definition) is 3. The normalized spacial score (nSPS) is 28.9. The van der Waals surface area contributed by atoms with Crippen LogP contribution in [-0.4, -0.2) is 37.9 Å². The van der Waals surface area contributed by atoms with Gasteiger partial charge in [-0.15, -0.1) is 0 Å². The van der Waals surface area contributed by atoms with Crippen molar-refractivity contribution < 1.29 is 4.21 Å². The highest BCUT2D eigenvalue weighted by molar-refractivity contribution is 7.85. The smallest absolute Gasteiger partial charge is 0.0946 e. The van der Waals surface area contributed by atoms with Gasteiger partial charge in [0, 0.05) is 48.6 Å². The summed E-state index contributed by atoms with van der Waals surface area (Å²) in [5, 5.41) is 3.49. The molecule has 72 valence electrons. The Labute approximate surface area is 79.8 Å². The molecule has 5 heteroatoms. The summed E-state index contributed by atoms with van der Waals surface area (Å²) in [5.41, 5.74) is 0. The van der Waals surface area contributed by atoms with Crippen LogP contribution < -0.4 is 5.32 Å². The number of nitrogens with one attached hydrogen (secondary N) is 1. The van der Waals surface area contributed by atoms with Gasteiger partial charge in [-0.3, -0.25) is 4.21 Å². The fraction of sp³-hybridized carbons (Fsp3) is 0.625. The van der Waals surface area contributed by atoms with Crippen LogP contribution in [0.3, 0.4) is 0 Å². The van der Waals surface area contributed by atoms with Gasteiger partial charge in [0.2, 0.25) is 0 Å².